The van der Waals surface area contributed by atoms with E-state index in [1.54, 1.807) is 0 Å². The molecule has 2 aliphatic heterocycles. The maximum Gasteiger partial charge on any atom is 0.138 e. The predicted molar refractivity (Wildman–Crippen MR) is 147 cm³/mol. The Balaban J connectivity index is 1.17. The molecule has 0 radical (unpaired) electrons. The number of nitrogens with zero attached hydrogens (tertiary/aromatic N) is 3. The van der Waals surface area contributed by atoms with Crippen LogP contribution < -0.4 is 10.6 Å². The van der Waals surface area contributed by atoms with Gasteiger partial charge in [0.2, 0.25) is 0 Å². The average molecular weight is 474 g/mol. The molecule has 2 aromatic heterocycles. The molecular weight excluding hydrogens is 446 g/mol. The topological polar surface area (TPSA) is 93.2 Å². The SMILES string of the molecule is c1cc2nc(-c3ccc(-c4c[nH]c5cc(C6=NCCCN6)ccc45)cc3)[nH]c2cc1C1=NCCCN1. The molecule has 7 rings (SSSR count). The Morgan fingerprint density at radius 1 is 0.639 bits per heavy atom. The van der Waals surface area contributed by atoms with Gasteiger partial charge >= 0.3 is 0 Å². The van der Waals surface area contributed by atoms with Crippen LogP contribution in [-0.2, 0) is 0 Å². The van der Waals surface area contributed by atoms with Crippen LogP contribution in [0, 0.1) is 0 Å². The Morgan fingerprint density at radius 2 is 1.28 bits per heavy atom. The number of hydrogen-bond donors (Lipinski definition) is 4. The summed E-state index contributed by atoms with van der Waals surface area (Å²) in [5, 5.41) is 8.01. The second-order valence-corrected chi connectivity index (χ2v) is 9.38. The van der Waals surface area contributed by atoms with Crippen molar-refractivity contribution < 1.29 is 0 Å². The summed E-state index contributed by atoms with van der Waals surface area (Å²) >= 11 is 0. The molecule has 0 fully saturated rings. The van der Waals surface area contributed by atoms with Gasteiger partial charge in [-0.05, 0) is 42.7 Å². The number of rotatable bonds is 4. The Labute approximate surface area is 208 Å². The third kappa shape index (κ3) is 3.73. The molecule has 0 aliphatic carbocycles. The fourth-order valence-corrected chi connectivity index (χ4v) is 5.07. The lowest BCUT2D eigenvalue weighted by molar-refractivity contribution is 0.742. The number of aromatic nitrogens is 3. The molecule has 0 bridgehead atoms. The molecule has 178 valence electrons. The van der Waals surface area contributed by atoms with Crippen LogP contribution in [0.3, 0.4) is 0 Å². The van der Waals surface area contributed by atoms with Crippen molar-refractivity contribution in [3.05, 3.63) is 78.0 Å². The molecule has 0 unspecified atom stereocenters. The zero-order chi connectivity index (χ0) is 23.9. The number of imidazole rings is 1. The van der Waals surface area contributed by atoms with Crippen LogP contribution in [-0.4, -0.2) is 52.8 Å². The highest BCUT2D eigenvalue weighted by Crippen LogP contribution is 2.31. The van der Waals surface area contributed by atoms with E-state index < -0.39 is 0 Å². The van der Waals surface area contributed by atoms with Crippen LogP contribution in [0.5, 0.6) is 0 Å². The quantitative estimate of drug-likeness (QED) is 0.300. The summed E-state index contributed by atoms with van der Waals surface area (Å²) in [5.74, 6) is 2.83. The van der Waals surface area contributed by atoms with Crippen LogP contribution in [0.25, 0.3) is 44.5 Å². The number of aliphatic imine (C=N–C) groups is 2. The third-order valence-corrected chi connectivity index (χ3v) is 6.97. The molecular formula is C29H27N7. The van der Waals surface area contributed by atoms with Crippen molar-refractivity contribution in [3.8, 4) is 22.5 Å². The molecule has 0 amide bonds. The van der Waals surface area contributed by atoms with E-state index in [2.05, 4.69) is 97.4 Å². The highest BCUT2D eigenvalue weighted by molar-refractivity contribution is 6.04. The molecule has 5 aromatic rings. The average Bonchev–Trinajstić information content (AvgIpc) is 3.58. The lowest BCUT2D eigenvalue weighted by atomic mass is 10.0. The lowest BCUT2D eigenvalue weighted by Gasteiger charge is -2.14. The molecule has 7 nitrogen and oxygen atoms in total. The van der Waals surface area contributed by atoms with E-state index in [4.69, 9.17) is 4.98 Å². The highest BCUT2D eigenvalue weighted by atomic mass is 15.0. The van der Waals surface area contributed by atoms with Crippen LogP contribution in [0.4, 0.5) is 0 Å². The molecule has 0 atom stereocenters. The maximum atomic E-state index is 4.83. The van der Waals surface area contributed by atoms with Gasteiger partial charge in [0.25, 0.3) is 0 Å². The summed E-state index contributed by atoms with van der Waals surface area (Å²) in [6, 6.07) is 21.4. The van der Waals surface area contributed by atoms with Gasteiger partial charge in [-0.2, -0.15) is 0 Å². The first-order valence-corrected chi connectivity index (χ1v) is 12.6. The fourth-order valence-electron chi connectivity index (χ4n) is 5.07. The van der Waals surface area contributed by atoms with Gasteiger partial charge in [-0.25, -0.2) is 4.98 Å². The largest absolute Gasteiger partial charge is 0.370 e. The van der Waals surface area contributed by atoms with Crippen LogP contribution in [0.2, 0.25) is 0 Å². The number of hydrogen-bond acceptors (Lipinski definition) is 5. The van der Waals surface area contributed by atoms with E-state index in [9.17, 15) is 0 Å². The molecule has 3 aromatic carbocycles. The summed E-state index contributed by atoms with van der Waals surface area (Å²) in [6.45, 7) is 3.73. The second-order valence-electron chi connectivity index (χ2n) is 9.38. The van der Waals surface area contributed by atoms with E-state index in [-0.39, 0.29) is 0 Å². The fraction of sp³-hybridized carbons (Fsp3) is 0.207. The van der Waals surface area contributed by atoms with Crippen molar-refractivity contribution in [1.82, 2.24) is 25.6 Å². The molecule has 36 heavy (non-hydrogen) atoms. The summed E-state index contributed by atoms with van der Waals surface area (Å²) in [5.41, 5.74) is 8.75. The summed E-state index contributed by atoms with van der Waals surface area (Å²) < 4.78 is 0. The molecule has 4 N–H and O–H groups in total. The molecule has 7 heteroatoms. The zero-order valence-electron chi connectivity index (χ0n) is 19.9. The van der Waals surface area contributed by atoms with Crippen molar-refractivity contribution in [2.45, 2.75) is 12.8 Å². The van der Waals surface area contributed by atoms with Crippen LogP contribution in [0.15, 0.2) is 76.8 Å². The number of H-pyrrole nitrogens is 2. The minimum atomic E-state index is 0.872. The number of amidine groups is 2. The predicted octanol–water partition coefficient (Wildman–Crippen LogP) is 4.86. The molecule has 2 aliphatic rings. The third-order valence-electron chi connectivity index (χ3n) is 6.97. The molecule has 0 saturated carbocycles. The summed E-state index contributed by atoms with van der Waals surface area (Å²) in [7, 11) is 0. The van der Waals surface area contributed by atoms with E-state index in [0.29, 0.717) is 0 Å². The molecule has 4 heterocycles. The van der Waals surface area contributed by atoms with Gasteiger partial charge in [-0.15, -0.1) is 0 Å². The normalized spacial score (nSPS) is 15.9. The van der Waals surface area contributed by atoms with E-state index in [1.165, 1.54) is 16.5 Å². The van der Waals surface area contributed by atoms with Crippen molar-refractivity contribution >= 4 is 33.6 Å². The smallest absolute Gasteiger partial charge is 0.138 e. The summed E-state index contributed by atoms with van der Waals surface area (Å²) in [4.78, 5) is 21.0. The van der Waals surface area contributed by atoms with Crippen molar-refractivity contribution in [2.24, 2.45) is 9.98 Å². The second kappa shape index (κ2) is 8.68. The molecule has 0 saturated heterocycles. The first-order valence-electron chi connectivity index (χ1n) is 12.6. The lowest BCUT2D eigenvalue weighted by Crippen LogP contribution is -2.30. The number of aromatic amines is 2. The highest BCUT2D eigenvalue weighted by Gasteiger charge is 2.13. The minimum Gasteiger partial charge on any atom is -0.370 e. The van der Waals surface area contributed by atoms with E-state index in [1.807, 2.05) is 0 Å². The minimum absolute atomic E-state index is 0.872. The zero-order valence-corrected chi connectivity index (χ0v) is 19.9. The van der Waals surface area contributed by atoms with Crippen LogP contribution >= 0.6 is 0 Å². The van der Waals surface area contributed by atoms with Gasteiger partial charge in [0.15, 0.2) is 0 Å². The monoisotopic (exact) mass is 473 g/mol. The number of fused-ring (bicyclic) bond motifs is 2. The molecule has 0 spiro atoms. The van der Waals surface area contributed by atoms with Gasteiger partial charge in [-0.3, -0.25) is 9.98 Å². The van der Waals surface area contributed by atoms with Gasteiger partial charge in [0.05, 0.1) is 11.0 Å². The van der Waals surface area contributed by atoms with E-state index >= 15 is 0 Å². The Morgan fingerprint density at radius 3 is 1.97 bits per heavy atom. The standard InChI is InChI=1S/C29H27N7/c1-11-30-27(31-12-1)20-7-9-22-23(17-34-25(22)15-20)18-3-5-19(6-4-18)29-35-24-10-8-21(16-26(24)36-29)28-32-13-2-14-33-28/h3-10,15-17,34H,1-2,11-14H2,(H,30,31)(H,32,33)(H,35,36). The van der Waals surface area contributed by atoms with Crippen molar-refractivity contribution in [2.75, 3.05) is 26.2 Å². The Kier molecular flexibility index (Phi) is 5.05. The van der Waals surface area contributed by atoms with E-state index in [0.717, 1.165) is 89.8 Å². The first-order chi connectivity index (χ1) is 17.8. The number of nitrogens with one attached hydrogen (secondary N) is 4. The van der Waals surface area contributed by atoms with Crippen molar-refractivity contribution in [1.29, 1.82) is 0 Å². The Hall–Kier alpha value is -4.39. The maximum absolute atomic E-state index is 4.83. The van der Waals surface area contributed by atoms with Crippen LogP contribution in [0.1, 0.15) is 24.0 Å². The van der Waals surface area contributed by atoms with Gasteiger partial charge in [-0.1, -0.05) is 36.4 Å². The van der Waals surface area contributed by atoms with Gasteiger partial charge in [0, 0.05) is 65.5 Å². The van der Waals surface area contributed by atoms with Crippen molar-refractivity contribution in [3.63, 3.8) is 0 Å². The first kappa shape index (κ1) is 20.9. The van der Waals surface area contributed by atoms with Gasteiger partial charge in [0.1, 0.15) is 17.5 Å². The number of benzene rings is 3. The van der Waals surface area contributed by atoms with Gasteiger partial charge < -0.3 is 20.6 Å². The Bertz CT molecular complexity index is 1640. The summed E-state index contributed by atoms with van der Waals surface area (Å²) in [6.07, 6.45) is 4.27.